The van der Waals surface area contributed by atoms with Gasteiger partial charge in [-0.3, -0.25) is 14.5 Å². The molecule has 0 spiro atoms. The van der Waals surface area contributed by atoms with Crippen LogP contribution >= 0.6 is 0 Å². The van der Waals surface area contributed by atoms with Crippen LogP contribution in [-0.2, 0) is 14.3 Å². The molecule has 0 saturated heterocycles. The van der Waals surface area contributed by atoms with Crippen LogP contribution in [0.3, 0.4) is 0 Å². The summed E-state index contributed by atoms with van der Waals surface area (Å²) < 4.78 is 4.55. The van der Waals surface area contributed by atoms with Gasteiger partial charge in [0.2, 0.25) is 5.91 Å². The van der Waals surface area contributed by atoms with E-state index in [-0.39, 0.29) is 17.9 Å². The van der Waals surface area contributed by atoms with Gasteiger partial charge in [0.1, 0.15) is 0 Å². The largest absolute Gasteiger partial charge is 0.469 e. The molecule has 5 heteroatoms. The number of amides is 1. The number of methoxy groups -OCH3 is 1. The lowest BCUT2D eigenvalue weighted by atomic mass is 10.3. The number of carbonyl (C=O) groups is 2. The molecule has 94 valence electrons. The highest BCUT2D eigenvalue weighted by Crippen LogP contribution is 1.93. The molecule has 0 radical (unpaired) electrons. The molecule has 0 saturated carbocycles. The third-order valence-corrected chi connectivity index (χ3v) is 2.12. The zero-order chi connectivity index (χ0) is 12.6. The van der Waals surface area contributed by atoms with Gasteiger partial charge < -0.3 is 10.1 Å². The summed E-state index contributed by atoms with van der Waals surface area (Å²) in [5.74, 6) is -0.260. The smallest absolute Gasteiger partial charge is 0.306 e. The normalized spacial score (nSPS) is 10.6. The van der Waals surface area contributed by atoms with Crippen molar-refractivity contribution in [1.82, 2.24) is 10.2 Å². The van der Waals surface area contributed by atoms with E-state index in [1.807, 2.05) is 25.7 Å². The molecule has 0 aromatic heterocycles. The van der Waals surface area contributed by atoms with E-state index < -0.39 is 0 Å². The first-order valence-corrected chi connectivity index (χ1v) is 5.58. The fourth-order valence-electron chi connectivity index (χ4n) is 1.27. The van der Waals surface area contributed by atoms with Crippen LogP contribution in [0.1, 0.15) is 27.2 Å². The van der Waals surface area contributed by atoms with Crippen molar-refractivity contribution < 1.29 is 14.3 Å². The lowest BCUT2D eigenvalue weighted by Gasteiger charge is -2.19. The van der Waals surface area contributed by atoms with E-state index in [1.54, 1.807) is 0 Å². The van der Waals surface area contributed by atoms with Crippen molar-refractivity contribution in [3.8, 4) is 0 Å². The number of esters is 1. The number of likely N-dealkylation sites (N-methyl/N-ethyl adjacent to an activating group) is 1. The summed E-state index contributed by atoms with van der Waals surface area (Å²) in [6, 6.07) is 0.145. The zero-order valence-electron chi connectivity index (χ0n) is 10.6. The molecule has 0 rings (SSSR count). The molecular formula is C11H22N2O3. The zero-order valence-corrected chi connectivity index (χ0v) is 10.6. The molecular weight excluding hydrogens is 208 g/mol. The van der Waals surface area contributed by atoms with Gasteiger partial charge in [-0.1, -0.05) is 6.92 Å². The van der Waals surface area contributed by atoms with Gasteiger partial charge in [0, 0.05) is 12.6 Å². The molecule has 0 unspecified atom stereocenters. The molecule has 1 amide bonds. The minimum absolute atomic E-state index is 0.0123. The Bertz CT molecular complexity index is 229. The maximum atomic E-state index is 11.5. The Labute approximate surface area is 97.1 Å². The van der Waals surface area contributed by atoms with Crippen LogP contribution in [0.4, 0.5) is 0 Å². The molecule has 0 bridgehead atoms. The van der Waals surface area contributed by atoms with Gasteiger partial charge in [-0.05, 0) is 20.4 Å². The summed E-state index contributed by atoms with van der Waals surface area (Å²) in [5, 5.41) is 2.81. The van der Waals surface area contributed by atoms with Crippen molar-refractivity contribution in [3.63, 3.8) is 0 Å². The first-order chi connectivity index (χ1) is 7.49. The molecule has 0 aromatic rings. The first kappa shape index (κ1) is 14.9. The van der Waals surface area contributed by atoms with Crippen LogP contribution < -0.4 is 5.32 Å². The van der Waals surface area contributed by atoms with E-state index in [1.165, 1.54) is 7.11 Å². The Morgan fingerprint density at radius 3 is 2.44 bits per heavy atom. The van der Waals surface area contributed by atoms with Gasteiger partial charge in [-0.15, -0.1) is 0 Å². The maximum Gasteiger partial charge on any atom is 0.306 e. The van der Waals surface area contributed by atoms with Crippen LogP contribution in [0.5, 0.6) is 0 Å². The number of carbonyl (C=O) groups excluding carboxylic acids is 2. The fourth-order valence-corrected chi connectivity index (χ4v) is 1.27. The lowest BCUT2D eigenvalue weighted by Crippen LogP contribution is -2.40. The highest BCUT2D eigenvalue weighted by atomic mass is 16.5. The Hall–Kier alpha value is -1.10. The molecule has 0 atom stereocenters. The number of ether oxygens (including phenoxy) is 1. The van der Waals surface area contributed by atoms with Crippen LogP contribution in [0.2, 0.25) is 0 Å². The maximum absolute atomic E-state index is 11.5. The number of hydrogen-bond donors (Lipinski definition) is 1. The first-order valence-electron chi connectivity index (χ1n) is 5.58. The Morgan fingerprint density at radius 1 is 1.38 bits per heavy atom. The lowest BCUT2D eigenvalue weighted by molar-refractivity contribution is -0.141. The second-order valence-corrected chi connectivity index (χ2v) is 3.92. The van der Waals surface area contributed by atoms with Gasteiger partial charge in [0.25, 0.3) is 0 Å². The van der Waals surface area contributed by atoms with Crippen molar-refractivity contribution in [3.05, 3.63) is 0 Å². The molecule has 0 heterocycles. The van der Waals surface area contributed by atoms with Gasteiger partial charge in [0.05, 0.1) is 20.1 Å². The highest BCUT2D eigenvalue weighted by Gasteiger charge is 2.11. The number of rotatable bonds is 7. The van der Waals surface area contributed by atoms with Gasteiger partial charge >= 0.3 is 5.97 Å². The van der Waals surface area contributed by atoms with E-state index in [4.69, 9.17) is 0 Å². The third-order valence-electron chi connectivity index (χ3n) is 2.12. The van der Waals surface area contributed by atoms with Gasteiger partial charge in [-0.2, -0.15) is 0 Å². The topological polar surface area (TPSA) is 58.6 Å². The predicted octanol–water partition coefficient (Wildman–Crippen LogP) is 0.396. The second-order valence-electron chi connectivity index (χ2n) is 3.92. The Balaban J connectivity index is 3.90. The summed E-state index contributed by atoms with van der Waals surface area (Å²) in [4.78, 5) is 24.3. The standard InChI is InChI=1S/C11H22N2O3/c1-5-13(7-6-11(15)16-4)8-10(14)12-9(2)3/h9H,5-8H2,1-4H3,(H,12,14). The number of hydrogen-bond acceptors (Lipinski definition) is 4. The average Bonchev–Trinajstić information content (AvgIpc) is 2.22. The second kappa shape index (κ2) is 8.10. The van der Waals surface area contributed by atoms with Crippen molar-refractivity contribution >= 4 is 11.9 Å². The fraction of sp³-hybridized carbons (Fsp3) is 0.818. The SMILES string of the molecule is CCN(CCC(=O)OC)CC(=O)NC(C)C. The van der Waals surface area contributed by atoms with Gasteiger partial charge in [0.15, 0.2) is 0 Å². The molecule has 16 heavy (non-hydrogen) atoms. The molecule has 0 aliphatic carbocycles. The predicted molar refractivity (Wildman–Crippen MR) is 62.0 cm³/mol. The summed E-state index contributed by atoms with van der Waals surface area (Å²) in [5.41, 5.74) is 0. The monoisotopic (exact) mass is 230 g/mol. The van der Waals surface area contributed by atoms with Crippen LogP contribution in [0.25, 0.3) is 0 Å². The minimum Gasteiger partial charge on any atom is -0.469 e. The van der Waals surface area contributed by atoms with Crippen LogP contribution in [0.15, 0.2) is 0 Å². The summed E-state index contributed by atoms with van der Waals surface area (Å²) in [7, 11) is 1.37. The summed E-state index contributed by atoms with van der Waals surface area (Å²) in [6.45, 7) is 7.41. The molecule has 5 nitrogen and oxygen atoms in total. The average molecular weight is 230 g/mol. The van der Waals surface area contributed by atoms with Crippen LogP contribution in [-0.4, -0.2) is 49.6 Å². The van der Waals surface area contributed by atoms with E-state index in [2.05, 4.69) is 10.1 Å². The molecule has 0 aromatic carbocycles. The third kappa shape index (κ3) is 7.23. The van der Waals surface area contributed by atoms with Crippen molar-refractivity contribution in [2.75, 3.05) is 26.7 Å². The van der Waals surface area contributed by atoms with E-state index in [0.717, 1.165) is 6.54 Å². The Morgan fingerprint density at radius 2 is 2.00 bits per heavy atom. The Kier molecular flexibility index (Phi) is 7.54. The molecule has 0 aliphatic rings. The van der Waals surface area contributed by atoms with Gasteiger partial charge in [-0.25, -0.2) is 0 Å². The highest BCUT2D eigenvalue weighted by molar-refractivity contribution is 5.78. The van der Waals surface area contributed by atoms with Crippen LogP contribution in [0, 0.1) is 0 Å². The number of nitrogens with zero attached hydrogens (tertiary/aromatic N) is 1. The quantitative estimate of drug-likeness (QED) is 0.643. The summed E-state index contributed by atoms with van der Waals surface area (Å²) >= 11 is 0. The van der Waals surface area contributed by atoms with Crippen molar-refractivity contribution in [2.24, 2.45) is 0 Å². The molecule has 0 aliphatic heterocycles. The van der Waals surface area contributed by atoms with E-state index >= 15 is 0 Å². The number of nitrogens with one attached hydrogen (secondary N) is 1. The van der Waals surface area contributed by atoms with E-state index in [9.17, 15) is 9.59 Å². The summed E-state index contributed by atoms with van der Waals surface area (Å²) in [6.07, 6.45) is 0.319. The van der Waals surface area contributed by atoms with Crippen molar-refractivity contribution in [1.29, 1.82) is 0 Å². The van der Waals surface area contributed by atoms with Crippen molar-refractivity contribution in [2.45, 2.75) is 33.2 Å². The molecule has 1 N–H and O–H groups in total. The minimum atomic E-state index is -0.247. The van der Waals surface area contributed by atoms with E-state index in [0.29, 0.717) is 19.5 Å². The molecule has 0 fully saturated rings.